The molecule has 0 aliphatic carbocycles. The molecule has 0 spiro atoms. The highest BCUT2D eigenvalue weighted by molar-refractivity contribution is 5.77. The number of fused-ring (bicyclic) bond motifs is 3. The number of carbonyl (C=O) groups is 1. The van der Waals surface area contributed by atoms with Gasteiger partial charge in [-0.05, 0) is 55.7 Å². The van der Waals surface area contributed by atoms with Gasteiger partial charge in [-0.2, -0.15) is 5.10 Å². The summed E-state index contributed by atoms with van der Waals surface area (Å²) in [7, 11) is 1.64. The van der Waals surface area contributed by atoms with E-state index in [1.807, 2.05) is 54.1 Å². The Morgan fingerprint density at radius 3 is 2.85 bits per heavy atom. The first kappa shape index (κ1) is 21.2. The van der Waals surface area contributed by atoms with Gasteiger partial charge in [0.15, 0.2) is 0 Å². The quantitative estimate of drug-likeness (QED) is 0.391. The molecule has 0 saturated carbocycles. The maximum atomic E-state index is 12.6. The van der Waals surface area contributed by atoms with Crippen LogP contribution in [-0.2, 0) is 42.1 Å². The summed E-state index contributed by atoms with van der Waals surface area (Å²) < 4.78 is 15.2. The molecule has 0 amide bonds. The van der Waals surface area contributed by atoms with E-state index < -0.39 is 0 Å². The topological polar surface area (TPSA) is 71.2 Å². The van der Waals surface area contributed by atoms with Crippen LogP contribution in [0.2, 0.25) is 0 Å². The number of benzene rings is 2. The van der Waals surface area contributed by atoms with E-state index in [0.717, 1.165) is 58.1 Å². The van der Waals surface area contributed by atoms with Gasteiger partial charge >= 0.3 is 5.97 Å². The Bertz CT molecular complexity index is 1300. The number of hydrogen-bond donors (Lipinski definition) is 0. The molecule has 5 rings (SSSR count). The number of hydrogen-bond acceptors (Lipinski definition) is 5. The molecule has 7 heteroatoms. The van der Waals surface area contributed by atoms with Crippen LogP contribution in [0.1, 0.15) is 36.8 Å². The van der Waals surface area contributed by atoms with Crippen molar-refractivity contribution in [2.45, 2.75) is 52.3 Å². The minimum atomic E-state index is -0.277. The molecule has 0 unspecified atom stereocenters. The fraction of sp³-hybridized carbons (Fsp3) is 0.346. The maximum Gasteiger partial charge on any atom is 0.312 e. The van der Waals surface area contributed by atoms with Crippen LogP contribution in [0.5, 0.6) is 5.75 Å². The summed E-state index contributed by atoms with van der Waals surface area (Å²) in [5.74, 6) is 1.63. The van der Waals surface area contributed by atoms with Gasteiger partial charge in [-0.1, -0.05) is 18.2 Å². The number of methoxy groups -OCH3 is 1. The lowest BCUT2D eigenvalue weighted by molar-refractivity contribution is -0.144. The van der Waals surface area contributed by atoms with Crippen molar-refractivity contribution in [3.63, 3.8) is 0 Å². The van der Waals surface area contributed by atoms with Gasteiger partial charge in [-0.15, -0.1) is 0 Å². The van der Waals surface area contributed by atoms with E-state index in [4.69, 9.17) is 14.5 Å². The minimum Gasteiger partial charge on any atom is -0.496 e. The number of esters is 1. The van der Waals surface area contributed by atoms with Crippen LogP contribution in [0, 0.1) is 0 Å². The number of aryl methyl sites for hydroxylation is 3. The SMILES string of the molecule is CCn1nc(-c2ccccc2OC)cc1CC(=O)OCc1ccc2c(c1)nc1n2CCCC1. The van der Waals surface area contributed by atoms with Crippen molar-refractivity contribution in [1.82, 2.24) is 19.3 Å². The lowest BCUT2D eigenvalue weighted by Crippen LogP contribution is -2.12. The molecule has 0 fully saturated rings. The lowest BCUT2D eigenvalue weighted by Gasteiger charge is -2.13. The van der Waals surface area contributed by atoms with Gasteiger partial charge in [0.05, 0.1) is 36.0 Å². The molecule has 3 heterocycles. The fourth-order valence-corrected chi connectivity index (χ4v) is 4.53. The number of para-hydroxylation sites is 1. The number of imidazole rings is 1. The van der Waals surface area contributed by atoms with Crippen molar-refractivity contribution in [2.75, 3.05) is 7.11 Å². The summed E-state index contributed by atoms with van der Waals surface area (Å²) in [4.78, 5) is 17.4. The molecule has 0 radical (unpaired) electrons. The third kappa shape index (κ3) is 4.23. The molecule has 0 bridgehead atoms. The van der Waals surface area contributed by atoms with Crippen molar-refractivity contribution in [3.05, 3.63) is 65.6 Å². The largest absolute Gasteiger partial charge is 0.496 e. The number of rotatable bonds is 7. The van der Waals surface area contributed by atoms with E-state index in [9.17, 15) is 4.79 Å². The summed E-state index contributed by atoms with van der Waals surface area (Å²) in [6.07, 6.45) is 3.59. The highest BCUT2D eigenvalue weighted by atomic mass is 16.5. The predicted molar refractivity (Wildman–Crippen MR) is 126 cm³/mol. The Morgan fingerprint density at radius 2 is 2.00 bits per heavy atom. The van der Waals surface area contributed by atoms with Crippen LogP contribution in [0.25, 0.3) is 22.3 Å². The van der Waals surface area contributed by atoms with Crippen LogP contribution in [0.4, 0.5) is 0 Å². The molecule has 2 aromatic heterocycles. The first-order valence-corrected chi connectivity index (χ1v) is 11.5. The Balaban J connectivity index is 1.28. The van der Waals surface area contributed by atoms with Gasteiger partial charge in [-0.25, -0.2) is 4.98 Å². The van der Waals surface area contributed by atoms with E-state index in [1.165, 1.54) is 12.8 Å². The normalized spacial score (nSPS) is 13.2. The molecular formula is C26H28N4O3. The van der Waals surface area contributed by atoms with E-state index in [1.54, 1.807) is 7.11 Å². The smallest absolute Gasteiger partial charge is 0.312 e. The molecule has 0 saturated heterocycles. The van der Waals surface area contributed by atoms with Crippen molar-refractivity contribution < 1.29 is 14.3 Å². The molecule has 0 N–H and O–H groups in total. The summed E-state index contributed by atoms with van der Waals surface area (Å²) in [5.41, 5.74) is 5.59. The monoisotopic (exact) mass is 444 g/mol. The number of ether oxygens (including phenoxy) is 2. The zero-order valence-electron chi connectivity index (χ0n) is 19.1. The van der Waals surface area contributed by atoms with Crippen LogP contribution >= 0.6 is 0 Å². The highest BCUT2D eigenvalue weighted by Gasteiger charge is 2.17. The number of carbonyl (C=O) groups excluding carboxylic acids is 1. The van der Waals surface area contributed by atoms with Crippen LogP contribution in [0.15, 0.2) is 48.5 Å². The third-order valence-electron chi connectivity index (χ3n) is 6.19. The van der Waals surface area contributed by atoms with Gasteiger partial charge in [0.2, 0.25) is 0 Å². The average molecular weight is 445 g/mol. The van der Waals surface area contributed by atoms with Gasteiger partial charge in [0.1, 0.15) is 18.2 Å². The zero-order valence-corrected chi connectivity index (χ0v) is 19.1. The molecule has 4 aromatic rings. The fourth-order valence-electron chi connectivity index (χ4n) is 4.53. The number of aromatic nitrogens is 4. The van der Waals surface area contributed by atoms with Crippen molar-refractivity contribution in [1.29, 1.82) is 0 Å². The van der Waals surface area contributed by atoms with Crippen molar-refractivity contribution in [2.24, 2.45) is 0 Å². The van der Waals surface area contributed by atoms with E-state index in [0.29, 0.717) is 6.54 Å². The molecule has 7 nitrogen and oxygen atoms in total. The highest BCUT2D eigenvalue weighted by Crippen LogP contribution is 2.29. The third-order valence-corrected chi connectivity index (χ3v) is 6.19. The lowest BCUT2D eigenvalue weighted by atomic mass is 10.1. The molecular weight excluding hydrogens is 416 g/mol. The molecule has 1 aliphatic heterocycles. The summed E-state index contributed by atoms with van der Waals surface area (Å²) in [6, 6.07) is 15.8. The van der Waals surface area contributed by atoms with E-state index in [-0.39, 0.29) is 19.0 Å². The second-order valence-electron chi connectivity index (χ2n) is 8.33. The zero-order chi connectivity index (χ0) is 22.8. The van der Waals surface area contributed by atoms with Gasteiger partial charge in [0, 0.05) is 25.1 Å². The first-order chi connectivity index (χ1) is 16.2. The standard InChI is InChI=1S/C26H28N4O3/c1-3-30-19(15-21(28-30)20-8-4-5-9-24(20)32-2)16-26(31)33-17-18-11-12-23-22(14-18)27-25-10-6-7-13-29(23)25/h4-5,8-9,11-12,14-15H,3,6-7,10,13,16-17H2,1-2H3. The van der Waals surface area contributed by atoms with Crippen molar-refractivity contribution in [3.8, 4) is 17.0 Å². The summed E-state index contributed by atoms with van der Waals surface area (Å²) in [6.45, 7) is 3.94. The molecule has 2 aromatic carbocycles. The Labute approximate surface area is 193 Å². The van der Waals surface area contributed by atoms with Crippen LogP contribution in [0.3, 0.4) is 0 Å². The maximum absolute atomic E-state index is 12.6. The van der Waals surface area contributed by atoms with Gasteiger partial charge in [-0.3, -0.25) is 9.48 Å². The van der Waals surface area contributed by atoms with Crippen LogP contribution in [-0.4, -0.2) is 32.4 Å². The average Bonchev–Trinajstić information content (AvgIpc) is 3.43. The summed E-state index contributed by atoms with van der Waals surface area (Å²) in [5, 5.41) is 4.66. The number of nitrogens with zero attached hydrogens (tertiary/aromatic N) is 4. The van der Waals surface area contributed by atoms with Crippen molar-refractivity contribution >= 4 is 17.0 Å². The van der Waals surface area contributed by atoms with Gasteiger partial charge < -0.3 is 14.0 Å². The Morgan fingerprint density at radius 1 is 1.12 bits per heavy atom. The first-order valence-electron chi connectivity index (χ1n) is 11.5. The second kappa shape index (κ2) is 9.10. The molecule has 170 valence electrons. The minimum absolute atomic E-state index is 0.164. The van der Waals surface area contributed by atoms with E-state index in [2.05, 4.69) is 15.7 Å². The second-order valence-corrected chi connectivity index (χ2v) is 8.33. The summed E-state index contributed by atoms with van der Waals surface area (Å²) >= 11 is 0. The van der Waals surface area contributed by atoms with Crippen LogP contribution < -0.4 is 4.74 Å². The predicted octanol–water partition coefficient (Wildman–Crippen LogP) is 4.55. The van der Waals surface area contributed by atoms with Gasteiger partial charge in [0.25, 0.3) is 0 Å². The Hall–Kier alpha value is -3.61. The van der Waals surface area contributed by atoms with E-state index >= 15 is 0 Å². The molecule has 0 atom stereocenters. The Kier molecular flexibility index (Phi) is 5.86. The molecule has 1 aliphatic rings. The molecule has 33 heavy (non-hydrogen) atoms.